The highest BCUT2D eigenvalue weighted by Gasteiger charge is 2.62. The fourth-order valence-electron chi connectivity index (χ4n) is 7.19. The summed E-state index contributed by atoms with van der Waals surface area (Å²) in [4.78, 5) is 12.0. The van der Waals surface area contributed by atoms with Crippen molar-refractivity contribution in [2.24, 2.45) is 17.8 Å². The number of hydrogen-bond acceptors (Lipinski definition) is 11. The second-order valence-corrected chi connectivity index (χ2v) is 11.3. The van der Waals surface area contributed by atoms with Crippen LogP contribution in [0.15, 0.2) is 0 Å². The number of carboxylic acids is 1. The van der Waals surface area contributed by atoms with E-state index in [1.54, 1.807) is 0 Å². The number of aliphatic hydroxyl groups is 9. The zero-order valence-corrected chi connectivity index (χ0v) is 20.3. The van der Waals surface area contributed by atoms with Crippen LogP contribution in [0.2, 0.25) is 0 Å². The van der Waals surface area contributed by atoms with Gasteiger partial charge in [0.05, 0.1) is 36.9 Å². The lowest BCUT2D eigenvalue weighted by atomic mass is 9.64. The molecule has 16 atom stereocenters. The van der Waals surface area contributed by atoms with E-state index in [2.05, 4.69) is 0 Å². The van der Waals surface area contributed by atoms with Crippen molar-refractivity contribution in [1.82, 2.24) is 0 Å². The quantitative estimate of drug-likeness (QED) is 0.162. The SMILES string of the molecule is O=C(O)C1CC2C(OC3OC(CO)C(O)C(O)C3O)C(C3CCC(O)C(O)C3)[OH+]C3CC(O)CC(O1)C32. The van der Waals surface area contributed by atoms with Crippen molar-refractivity contribution in [2.45, 2.75) is 118 Å². The van der Waals surface area contributed by atoms with Crippen molar-refractivity contribution in [2.75, 3.05) is 6.61 Å². The first-order chi connectivity index (χ1) is 17.6. The standard InChI is InChI=1S/C24H38O13/c25-7-16-18(29)19(30)20(31)24(36-16)37-22-10-6-15(23(32)33)34-13-4-9(26)5-14(17(10)13)35-21(22)8-1-2-11(27)12(28)3-8/h8-22,24-31H,1-7H2,(H,32,33)/p+1. The van der Waals surface area contributed by atoms with Crippen LogP contribution in [0.25, 0.3) is 0 Å². The molecule has 0 radical (unpaired) electrons. The van der Waals surface area contributed by atoms with Crippen LogP contribution in [-0.4, -0.2) is 138 Å². The van der Waals surface area contributed by atoms with Gasteiger partial charge in [-0.05, 0) is 25.7 Å². The van der Waals surface area contributed by atoms with Gasteiger partial charge in [-0.1, -0.05) is 0 Å². The van der Waals surface area contributed by atoms with Gasteiger partial charge in [0.15, 0.2) is 24.6 Å². The number of carbonyl (C=O) groups is 1. The molecular weight excluding hydrogens is 496 g/mol. The highest BCUT2D eigenvalue weighted by molar-refractivity contribution is 5.72. The maximum atomic E-state index is 12.0. The predicted molar refractivity (Wildman–Crippen MR) is 121 cm³/mol. The normalized spacial score (nSPS) is 54.4. The molecule has 2 saturated carbocycles. The molecule has 13 nitrogen and oxygen atoms in total. The van der Waals surface area contributed by atoms with Crippen molar-refractivity contribution >= 4 is 5.97 Å². The van der Waals surface area contributed by atoms with Crippen molar-refractivity contribution in [3.05, 3.63) is 0 Å². The molecule has 0 aromatic carbocycles. The molecule has 16 unspecified atom stereocenters. The van der Waals surface area contributed by atoms with Crippen LogP contribution < -0.4 is 0 Å². The van der Waals surface area contributed by atoms with Gasteiger partial charge in [0.25, 0.3) is 0 Å². The molecule has 5 rings (SSSR count). The number of ether oxygens (including phenoxy) is 4. The first-order valence-corrected chi connectivity index (χ1v) is 13.2. The smallest absolute Gasteiger partial charge is 0.332 e. The van der Waals surface area contributed by atoms with Crippen LogP contribution in [0.3, 0.4) is 0 Å². The molecule has 5 aliphatic rings. The Morgan fingerprint density at radius 2 is 1.65 bits per heavy atom. The lowest BCUT2D eigenvalue weighted by Crippen LogP contribution is -2.68. The number of aliphatic carboxylic acids is 1. The minimum atomic E-state index is -1.65. The minimum absolute atomic E-state index is 0.0924. The highest BCUT2D eigenvalue weighted by Crippen LogP contribution is 2.50. The molecule has 5 fully saturated rings. The Morgan fingerprint density at radius 1 is 0.892 bits per heavy atom. The molecule has 13 heteroatoms. The van der Waals surface area contributed by atoms with Crippen molar-refractivity contribution in [3.63, 3.8) is 0 Å². The van der Waals surface area contributed by atoms with E-state index in [0.717, 1.165) is 0 Å². The van der Waals surface area contributed by atoms with Crippen LogP contribution in [0.5, 0.6) is 0 Å². The van der Waals surface area contributed by atoms with E-state index in [0.29, 0.717) is 19.3 Å². The molecule has 0 aromatic heterocycles. The van der Waals surface area contributed by atoms with E-state index < -0.39 is 91.9 Å². The van der Waals surface area contributed by atoms with Crippen LogP contribution in [0.1, 0.15) is 38.5 Å². The second kappa shape index (κ2) is 10.9. The fourth-order valence-corrected chi connectivity index (χ4v) is 7.19. The van der Waals surface area contributed by atoms with Gasteiger partial charge in [0, 0.05) is 24.7 Å². The molecule has 0 aromatic rings. The predicted octanol–water partition coefficient (Wildman–Crippen LogP) is -3.40. The topological polar surface area (TPSA) is 219 Å². The van der Waals surface area contributed by atoms with Crippen molar-refractivity contribution < 1.29 is 64.6 Å². The first kappa shape index (κ1) is 27.6. The van der Waals surface area contributed by atoms with Gasteiger partial charge in [0.1, 0.15) is 30.5 Å². The summed E-state index contributed by atoms with van der Waals surface area (Å²) in [6, 6.07) is 0. The minimum Gasteiger partial charge on any atom is -0.479 e. The monoisotopic (exact) mass is 535 g/mol. The van der Waals surface area contributed by atoms with Crippen LogP contribution in [0.4, 0.5) is 0 Å². The lowest BCUT2D eigenvalue weighted by Gasteiger charge is -2.55. The Labute approximate surface area is 213 Å². The molecule has 3 aliphatic heterocycles. The number of carboxylic acid groups (broad SMARTS) is 1. The van der Waals surface area contributed by atoms with E-state index in [-0.39, 0.29) is 37.2 Å². The third kappa shape index (κ3) is 5.16. The van der Waals surface area contributed by atoms with E-state index in [1.165, 1.54) is 0 Å². The third-order valence-electron chi connectivity index (χ3n) is 9.05. The molecular formula is C24H39O13+. The Balaban J connectivity index is 1.48. The third-order valence-corrected chi connectivity index (χ3v) is 9.05. The number of hydrogen-bond donors (Lipinski definition) is 8. The van der Waals surface area contributed by atoms with Gasteiger partial charge in [-0.2, -0.15) is 0 Å². The zero-order chi connectivity index (χ0) is 26.6. The molecule has 3 saturated heterocycles. The van der Waals surface area contributed by atoms with Crippen LogP contribution in [0, 0.1) is 17.8 Å². The van der Waals surface area contributed by atoms with E-state index in [4.69, 9.17) is 18.9 Å². The summed E-state index contributed by atoms with van der Waals surface area (Å²) in [6.07, 6.45) is -11.6. The summed E-state index contributed by atoms with van der Waals surface area (Å²) in [5, 5.41) is 81.5. The van der Waals surface area contributed by atoms with Gasteiger partial charge in [-0.15, -0.1) is 0 Å². The van der Waals surface area contributed by atoms with Gasteiger partial charge >= 0.3 is 5.97 Å². The molecule has 2 aliphatic carbocycles. The number of rotatable bonds is 5. The molecule has 9 N–H and O–H groups in total. The first-order valence-electron chi connectivity index (χ1n) is 13.2. The molecule has 0 bridgehead atoms. The average Bonchev–Trinajstić information content (AvgIpc) is 2.86. The Bertz CT molecular complexity index is 812. The van der Waals surface area contributed by atoms with Crippen molar-refractivity contribution in [3.8, 4) is 0 Å². The summed E-state index contributed by atoms with van der Waals surface area (Å²) >= 11 is 0. The van der Waals surface area contributed by atoms with Gasteiger partial charge in [-0.25, -0.2) is 4.79 Å². The number of aliphatic hydroxyl groups excluding tert-OH is 7. The average molecular weight is 536 g/mol. The van der Waals surface area contributed by atoms with Gasteiger partial charge in [0.2, 0.25) is 0 Å². The van der Waals surface area contributed by atoms with Gasteiger partial charge < -0.3 is 59.8 Å². The molecule has 0 amide bonds. The summed E-state index contributed by atoms with van der Waals surface area (Å²) in [5.74, 6) is -2.06. The molecule has 0 spiro atoms. The maximum Gasteiger partial charge on any atom is 0.332 e. The summed E-state index contributed by atoms with van der Waals surface area (Å²) < 4.78 is 22.8. The lowest BCUT2D eigenvalue weighted by molar-refractivity contribution is -0.379. The Kier molecular flexibility index (Phi) is 8.12. The van der Waals surface area contributed by atoms with E-state index in [9.17, 15) is 45.6 Å². The second-order valence-electron chi connectivity index (χ2n) is 11.3. The summed E-state index contributed by atoms with van der Waals surface area (Å²) in [6.45, 7) is -0.626. The van der Waals surface area contributed by atoms with Crippen LogP contribution >= 0.6 is 0 Å². The summed E-state index contributed by atoms with van der Waals surface area (Å²) in [5.41, 5.74) is 0. The Hall–Kier alpha value is -0.970. The largest absolute Gasteiger partial charge is 0.479 e. The highest BCUT2D eigenvalue weighted by atomic mass is 16.7. The van der Waals surface area contributed by atoms with Crippen LogP contribution in [-0.2, 0) is 19.0 Å². The fraction of sp³-hybridized carbons (Fsp3) is 0.958. The molecule has 37 heavy (non-hydrogen) atoms. The molecule has 3 heterocycles. The van der Waals surface area contributed by atoms with E-state index >= 15 is 0 Å². The Morgan fingerprint density at radius 3 is 2.32 bits per heavy atom. The van der Waals surface area contributed by atoms with E-state index in [1.807, 2.05) is 0 Å². The summed E-state index contributed by atoms with van der Waals surface area (Å²) in [7, 11) is 0. The maximum absolute atomic E-state index is 12.0. The molecule has 212 valence electrons. The van der Waals surface area contributed by atoms with Gasteiger partial charge in [-0.3, -0.25) is 0 Å². The van der Waals surface area contributed by atoms with Crippen molar-refractivity contribution in [1.29, 1.82) is 0 Å². The zero-order valence-electron chi connectivity index (χ0n) is 20.3.